The third-order valence-electron chi connectivity index (χ3n) is 4.47. The Kier molecular flexibility index (Phi) is 5.43. The van der Waals surface area contributed by atoms with Gasteiger partial charge in [-0.15, -0.1) is 0 Å². The molecule has 1 amide bonds. The average Bonchev–Trinajstić information content (AvgIpc) is 3.09. The molecule has 3 rings (SSSR count). The first kappa shape index (κ1) is 15.8. The molecule has 1 aliphatic heterocycles. The Morgan fingerprint density at radius 2 is 1.87 bits per heavy atom. The van der Waals surface area contributed by atoms with Crippen LogP contribution in [0.3, 0.4) is 0 Å². The quantitative estimate of drug-likeness (QED) is 0.856. The zero-order chi connectivity index (χ0) is 15.9. The van der Waals surface area contributed by atoms with Crippen LogP contribution in [0.4, 0.5) is 5.69 Å². The average molecular weight is 308 g/mol. The van der Waals surface area contributed by atoms with Gasteiger partial charge in [-0.1, -0.05) is 48.5 Å². The van der Waals surface area contributed by atoms with Crippen molar-refractivity contribution in [1.82, 2.24) is 5.32 Å². The monoisotopic (exact) mass is 308 g/mol. The van der Waals surface area contributed by atoms with Crippen molar-refractivity contribution in [2.45, 2.75) is 25.7 Å². The first-order chi connectivity index (χ1) is 11.3. The van der Waals surface area contributed by atoms with Crippen molar-refractivity contribution in [1.29, 1.82) is 0 Å². The van der Waals surface area contributed by atoms with Crippen molar-refractivity contribution in [2.75, 3.05) is 18.4 Å². The van der Waals surface area contributed by atoms with Crippen molar-refractivity contribution < 1.29 is 4.79 Å². The van der Waals surface area contributed by atoms with Gasteiger partial charge in [-0.3, -0.25) is 4.79 Å². The third-order valence-corrected chi connectivity index (χ3v) is 4.47. The fraction of sp³-hybridized carbons (Fsp3) is 0.350. The second-order valence-electron chi connectivity index (χ2n) is 6.27. The van der Waals surface area contributed by atoms with E-state index >= 15 is 0 Å². The SMILES string of the molecule is O=C(CCC1CCNC1)Nc1ccccc1Cc1ccccc1. The number of anilines is 1. The van der Waals surface area contributed by atoms with E-state index in [9.17, 15) is 4.79 Å². The highest BCUT2D eigenvalue weighted by Gasteiger charge is 2.16. The molecule has 0 aromatic heterocycles. The van der Waals surface area contributed by atoms with Crippen molar-refractivity contribution in [3.05, 3.63) is 65.7 Å². The maximum Gasteiger partial charge on any atom is 0.224 e. The molecule has 0 aliphatic carbocycles. The van der Waals surface area contributed by atoms with Gasteiger partial charge in [-0.25, -0.2) is 0 Å². The van der Waals surface area contributed by atoms with Gasteiger partial charge < -0.3 is 10.6 Å². The third kappa shape index (κ3) is 4.67. The molecule has 0 bridgehead atoms. The molecule has 3 heteroatoms. The van der Waals surface area contributed by atoms with Gasteiger partial charge in [0.15, 0.2) is 0 Å². The highest BCUT2D eigenvalue weighted by Crippen LogP contribution is 2.20. The molecular formula is C20H24N2O. The van der Waals surface area contributed by atoms with Gasteiger partial charge in [0, 0.05) is 12.1 Å². The lowest BCUT2D eigenvalue weighted by molar-refractivity contribution is -0.116. The van der Waals surface area contributed by atoms with Crippen LogP contribution in [0.15, 0.2) is 54.6 Å². The van der Waals surface area contributed by atoms with E-state index in [4.69, 9.17) is 0 Å². The summed E-state index contributed by atoms with van der Waals surface area (Å²) in [6, 6.07) is 18.4. The molecule has 0 saturated carbocycles. The van der Waals surface area contributed by atoms with E-state index in [1.54, 1.807) is 0 Å². The fourth-order valence-corrected chi connectivity index (χ4v) is 3.12. The van der Waals surface area contributed by atoms with Crippen molar-refractivity contribution in [2.24, 2.45) is 5.92 Å². The Morgan fingerprint density at radius 1 is 1.09 bits per heavy atom. The molecule has 120 valence electrons. The van der Waals surface area contributed by atoms with E-state index < -0.39 is 0 Å². The number of amides is 1. The molecule has 1 saturated heterocycles. The summed E-state index contributed by atoms with van der Waals surface area (Å²) >= 11 is 0. The molecule has 23 heavy (non-hydrogen) atoms. The lowest BCUT2D eigenvalue weighted by atomic mass is 10.0. The molecule has 0 radical (unpaired) electrons. The number of hydrogen-bond donors (Lipinski definition) is 2. The predicted octanol–water partition coefficient (Wildman–Crippen LogP) is 3.61. The molecule has 3 nitrogen and oxygen atoms in total. The van der Waals surface area contributed by atoms with E-state index in [-0.39, 0.29) is 5.91 Å². The summed E-state index contributed by atoms with van der Waals surface area (Å²) in [5.74, 6) is 0.776. The summed E-state index contributed by atoms with van der Waals surface area (Å²) in [5, 5.41) is 6.45. The molecule has 1 fully saturated rings. The Labute approximate surface area is 138 Å². The molecule has 2 aromatic carbocycles. The van der Waals surface area contributed by atoms with Crippen molar-refractivity contribution in [3.63, 3.8) is 0 Å². The second-order valence-corrected chi connectivity index (χ2v) is 6.27. The van der Waals surface area contributed by atoms with E-state index in [0.717, 1.165) is 37.2 Å². The molecule has 1 aliphatic rings. The minimum Gasteiger partial charge on any atom is -0.326 e. The summed E-state index contributed by atoms with van der Waals surface area (Å²) in [4.78, 5) is 12.2. The molecule has 1 unspecified atom stereocenters. The van der Waals surface area contributed by atoms with Crippen molar-refractivity contribution >= 4 is 11.6 Å². The molecule has 2 N–H and O–H groups in total. The van der Waals surface area contributed by atoms with Crippen LogP contribution < -0.4 is 10.6 Å². The normalized spacial score (nSPS) is 17.1. The Bertz CT molecular complexity index is 633. The maximum atomic E-state index is 12.2. The van der Waals surface area contributed by atoms with Crippen LogP contribution in [-0.2, 0) is 11.2 Å². The maximum absolute atomic E-state index is 12.2. The fourth-order valence-electron chi connectivity index (χ4n) is 3.12. The van der Waals surface area contributed by atoms with Gasteiger partial charge >= 0.3 is 0 Å². The summed E-state index contributed by atoms with van der Waals surface area (Å²) in [6.45, 7) is 2.14. The summed E-state index contributed by atoms with van der Waals surface area (Å²) < 4.78 is 0. The molecule has 1 atom stereocenters. The Balaban J connectivity index is 1.59. The number of hydrogen-bond acceptors (Lipinski definition) is 2. The Hall–Kier alpha value is -2.13. The zero-order valence-corrected chi connectivity index (χ0v) is 13.4. The molecular weight excluding hydrogens is 284 g/mol. The first-order valence-electron chi connectivity index (χ1n) is 8.43. The van der Waals surface area contributed by atoms with Gasteiger partial charge in [-0.05, 0) is 55.5 Å². The zero-order valence-electron chi connectivity index (χ0n) is 13.4. The number of rotatable bonds is 6. The van der Waals surface area contributed by atoms with Crippen molar-refractivity contribution in [3.8, 4) is 0 Å². The minimum absolute atomic E-state index is 0.123. The standard InChI is InChI=1S/C20H24N2O/c23-20(11-10-17-12-13-21-15-17)22-19-9-5-4-8-18(19)14-16-6-2-1-3-7-16/h1-9,17,21H,10-15H2,(H,22,23). The molecule has 1 heterocycles. The van der Waals surface area contributed by atoms with E-state index in [0.29, 0.717) is 12.3 Å². The van der Waals surface area contributed by atoms with Crippen LogP contribution in [0.5, 0.6) is 0 Å². The van der Waals surface area contributed by atoms with Gasteiger partial charge in [0.2, 0.25) is 5.91 Å². The van der Waals surface area contributed by atoms with E-state index in [2.05, 4.69) is 28.8 Å². The lowest BCUT2D eigenvalue weighted by Crippen LogP contribution is -2.15. The highest BCUT2D eigenvalue weighted by molar-refractivity contribution is 5.91. The first-order valence-corrected chi connectivity index (χ1v) is 8.43. The number of carbonyl (C=O) groups excluding carboxylic acids is 1. The predicted molar refractivity (Wildman–Crippen MR) is 94.5 cm³/mol. The summed E-state index contributed by atoms with van der Waals surface area (Å²) in [7, 11) is 0. The second kappa shape index (κ2) is 7.93. The molecule has 0 spiro atoms. The number of carbonyl (C=O) groups is 1. The largest absolute Gasteiger partial charge is 0.326 e. The van der Waals surface area contributed by atoms with Crippen LogP contribution in [0, 0.1) is 5.92 Å². The molecule has 2 aromatic rings. The van der Waals surface area contributed by atoms with Gasteiger partial charge in [0.1, 0.15) is 0 Å². The van der Waals surface area contributed by atoms with Crippen LogP contribution in [0.2, 0.25) is 0 Å². The van der Waals surface area contributed by atoms with E-state index in [1.165, 1.54) is 12.0 Å². The van der Waals surface area contributed by atoms with Crippen LogP contribution in [0.25, 0.3) is 0 Å². The van der Waals surface area contributed by atoms with Gasteiger partial charge in [-0.2, -0.15) is 0 Å². The van der Waals surface area contributed by atoms with Crippen LogP contribution >= 0.6 is 0 Å². The van der Waals surface area contributed by atoms with Gasteiger partial charge in [0.05, 0.1) is 0 Å². The smallest absolute Gasteiger partial charge is 0.224 e. The van der Waals surface area contributed by atoms with Crippen LogP contribution in [-0.4, -0.2) is 19.0 Å². The summed E-state index contributed by atoms with van der Waals surface area (Å²) in [6.07, 6.45) is 3.60. The highest BCUT2D eigenvalue weighted by atomic mass is 16.1. The topological polar surface area (TPSA) is 41.1 Å². The van der Waals surface area contributed by atoms with Gasteiger partial charge in [0.25, 0.3) is 0 Å². The van der Waals surface area contributed by atoms with E-state index in [1.807, 2.05) is 36.4 Å². The Morgan fingerprint density at radius 3 is 2.65 bits per heavy atom. The van der Waals surface area contributed by atoms with Crippen LogP contribution in [0.1, 0.15) is 30.4 Å². The minimum atomic E-state index is 0.123. The summed E-state index contributed by atoms with van der Waals surface area (Å²) in [5.41, 5.74) is 3.35. The number of nitrogens with one attached hydrogen (secondary N) is 2. The number of benzene rings is 2. The lowest BCUT2D eigenvalue weighted by Gasteiger charge is -2.12. The number of para-hydroxylation sites is 1.